The van der Waals surface area contributed by atoms with Gasteiger partial charge in [-0.3, -0.25) is 14.5 Å². The SMILES string of the molecule is O=C1S/C(=C/c2cn(Cc3ccccc3Cl)c3ccccc23)C(=O)N1Cc1ccccc1Cl. The highest BCUT2D eigenvalue weighted by Crippen LogP contribution is 2.36. The molecule has 4 nitrogen and oxygen atoms in total. The molecule has 1 saturated heterocycles. The van der Waals surface area contributed by atoms with E-state index in [0.29, 0.717) is 21.5 Å². The molecule has 3 aromatic carbocycles. The van der Waals surface area contributed by atoms with E-state index in [0.717, 1.165) is 39.4 Å². The van der Waals surface area contributed by atoms with E-state index in [2.05, 4.69) is 4.57 Å². The average molecular weight is 493 g/mol. The van der Waals surface area contributed by atoms with E-state index < -0.39 is 0 Å². The van der Waals surface area contributed by atoms with Crippen LogP contribution in [0.5, 0.6) is 0 Å². The van der Waals surface area contributed by atoms with Crippen molar-refractivity contribution in [1.29, 1.82) is 0 Å². The van der Waals surface area contributed by atoms with E-state index in [4.69, 9.17) is 23.2 Å². The number of amides is 2. The van der Waals surface area contributed by atoms with E-state index in [1.165, 1.54) is 4.90 Å². The zero-order chi connectivity index (χ0) is 22.9. The van der Waals surface area contributed by atoms with Gasteiger partial charge in [0.1, 0.15) is 0 Å². The van der Waals surface area contributed by atoms with Crippen LogP contribution in [0.2, 0.25) is 10.0 Å². The van der Waals surface area contributed by atoms with Crippen LogP contribution < -0.4 is 0 Å². The predicted octanol–water partition coefficient (Wildman–Crippen LogP) is 7.23. The van der Waals surface area contributed by atoms with Gasteiger partial charge in [-0.1, -0.05) is 77.8 Å². The number of hydrogen-bond acceptors (Lipinski definition) is 3. The minimum absolute atomic E-state index is 0.149. The zero-order valence-electron chi connectivity index (χ0n) is 17.4. The number of halogens is 2. The molecule has 0 saturated carbocycles. The Morgan fingerprint density at radius 2 is 1.39 bits per heavy atom. The van der Waals surface area contributed by atoms with Crippen molar-refractivity contribution in [2.45, 2.75) is 13.1 Å². The lowest BCUT2D eigenvalue weighted by atomic mass is 10.1. The number of imide groups is 1. The van der Waals surface area contributed by atoms with Crippen LogP contribution in [-0.2, 0) is 17.9 Å². The highest BCUT2D eigenvalue weighted by molar-refractivity contribution is 8.18. The molecule has 164 valence electrons. The van der Waals surface area contributed by atoms with Gasteiger partial charge in [0.25, 0.3) is 11.1 Å². The van der Waals surface area contributed by atoms with Crippen LogP contribution in [0.4, 0.5) is 4.79 Å². The van der Waals surface area contributed by atoms with Crippen molar-refractivity contribution < 1.29 is 9.59 Å². The van der Waals surface area contributed by atoms with Crippen molar-refractivity contribution >= 4 is 63.1 Å². The number of carbonyl (C=O) groups is 2. The van der Waals surface area contributed by atoms with E-state index in [1.54, 1.807) is 12.1 Å². The lowest BCUT2D eigenvalue weighted by molar-refractivity contribution is -0.123. The molecule has 0 aliphatic carbocycles. The fourth-order valence-electron chi connectivity index (χ4n) is 3.91. The molecule has 5 rings (SSSR count). The van der Waals surface area contributed by atoms with Gasteiger partial charge in [-0.25, -0.2) is 0 Å². The number of aromatic nitrogens is 1. The van der Waals surface area contributed by atoms with Crippen LogP contribution in [0.15, 0.2) is 83.9 Å². The van der Waals surface area contributed by atoms with Crippen molar-refractivity contribution in [3.8, 4) is 0 Å². The Bertz CT molecular complexity index is 1430. The smallest absolute Gasteiger partial charge is 0.293 e. The number of para-hydroxylation sites is 1. The highest BCUT2D eigenvalue weighted by atomic mass is 35.5. The van der Waals surface area contributed by atoms with Crippen LogP contribution in [0.25, 0.3) is 17.0 Å². The first-order valence-corrected chi connectivity index (χ1v) is 11.9. The van der Waals surface area contributed by atoms with Crippen LogP contribution in [-0.4, -0.2) is 20.6 Å². The molecule has 2 heterocycles. The summed E-state index contributed by atoms with van der Waals surface area (Å²) in [5, 5.41) is 1.94. The zero-order valence-corrected chi connectivity index (χ0v) is 19.7. The van der Waals surface area contributed by atoms with Crippen LogP contribution in [0.1, 0.15) is 16.7 Å². The van der Waals surface area contributed by atoms with Gasteiger partial charge in [0.05, 0.1) is 11.4 Å². The molecule has 1 aliphatic heterocycles. The average Bonchev–Trinajstić information content (AvgIpc) is 3.29. The van der Waals surface area contributed by atoms with Crippen LogP contribution in [0, 0.1) is 0 Å². The summed E-state index contributed by atoms with van der Waals surface area (Å²) in [7, 11) is 0. The Morgan fingerprint density at radius 1 is 0.788 bits per heavy atom. The number of rotatable bonds is 5. The van der Waals surface area contributed by atoms with Gasteiger partial charge < -0.3 is 4.57 Å². The molecule has 1 aromatic heterocycles. The summed E-state index contributed by atoms with van der Waals surface area (Å²) in [6.07, 6.45) is 3.79. The first-order valence-electron chi connectivity index (χ1n) is 10.3. The number of fused-ring (bicyclic) bond motifs is 1. The maximum Gasteiger partial charge on any atom is 0.293 e. The Balaban J connectivity index is 1.48. The van der Waals surface area contributed by atoms with Gasteiger partial charge in [-0.2, -0.15) is 0 Å². The van der Waals surface area contributed by atoms with E-state index in [9.17, 15) is 9.59 Å². The fraction of sp³-hybridized carbons (Fsp3) is 0.0769. The number of hydrogen-bond donors (Lipinski definition) is 0. The molecule has 0 bridgehead atoms. The van der Waals surface area contributed by atoms with Crippen molar-refractivity contribution in [2.75, 3.05) is 0 Å². The van der Waals surface area contributed by atoms with Gasteiger partial charge in [0, 0.05) is 39.3 Å². The third-order valence-electron chi connectivity index (χ3n) is 5.56. The van der Waals surface area contributed by atoms with E-state index >= 15 is 0 Å². The first-order chi connectivity index (χ1) is 16.0. The van der Waals surface area contributed by atoms with E-state index in [-0.39, 0.29) is 17.7 Å². The summed E-state index contributed by atoms with van der Waals surface area (Å²) >= 11 is 13.6. The molecule has 0 atom stereocenters. The van der Waals surface area contributed by atoms with Crippen LogP contribution in [0.3, 0.4) is 0 Å². The Hall–Kier alpha value is -2.99. The van der Waals surface area contributed by atoms with Gasteiger partial charge in [-0.05, 0) is 47.2 Å². The monoisotopic (exact) mass is 492 g/mol. The second-order valence-corrected chi connectivity index (χ2v) is 9.49. The fourth-order valence-corrected chi connectivity index (χ4v) is 5.13. The topological polar surface area (TPSA) is 42.3 Å². The summed E-state index contributed by atoms with van der Waals surface area (Å²) in [5.41, 5.74) is 3.64. The summed E-state index contributed by atoms with van der Waals surface area (Å²) in [6, 6.07) is 22.9. The summed E-state index contributed by atoms with van der Waals surface area (Å²) < 4.78 is 2.11. The second kappa shape index (κ2) is 9.10. The Labute approximate surface area is 205 Å². The van der Waals surface area contributed by atoms with Crippen LogP contribution >= 0.6 is 35.0 Å². The molecule has 7 heteroatoms. The minimum atomic E-state index is -0.312. The maximum absolute atomic E-state index is 13.1. The molecule has 0 radical (unpaired) electrons. The standard InChI is InChI=1S/C26H18Cl2N2O2S/c27-21-10-4-1-7-17(21)14-29-15-19(20-9-3-6-12-23(20)29)13-24-25(31)30(26(32)33-24)16-18-8-2-5-11-22(18)28/h1-13,15H,14,16H2/b24-13+. The molecular formula is C26H18Cl2N2O2S. The number of nitrogens with zero attached hydrogens (tertiary/aromatic N) is 2. The van der Waals surface area contributed by atoms with Crippen molar-refractivity contribution in [2.24, 2.45) is 0 Å². The Kier molecular flexibility index (Phi) is 6.02. The van der Waals surface area contributed by atoms with Gasteiger partial charge in [0.2, 0.25) is 0 Å². The van der Waals surface area contributed by atoms with Gasteiger partial charge in [-0.15, -0.1) is 0 Å². The molecule has 1 fully saturated rings. The second-order valence-electron chi connectivity index (χ2n) is 7.68. The first kappa shape index (κ1) is 21.8. The molecule has 1 aliphatic rings. The molecule has 0 N–H and O–H groups in total. The lowest BCUT2D eigenvalue weighted by Gasteiger charge is -2.13. The molecule has 0 unspecified atom stereocenters. The summed E-state index contributed by atoms with van der Waals surface area (Å²) in [6.45, 7) is 0.748. The van der Waals surface area contributed by atoms with Crippen molar-refractivity contribution in [3.05, 3.63) is 111 Å². The normalized spacial score (nSPS) is 15.2. The van der Waals surface area contributed by atoms with Crippen molar-refractivity contribution in [1.82, 2.24) is 9.47 Å². The third-order valence-corrected chi connectivity index (χ3v) is 7.21. The van der Waals surface area contributed by atoms with Gasteiger partial charge in [0.15, 0.2) is 0 Å². The lowest BCUT2D eigenvalue weighted by Crippen LogP contribution is -2.27. The van der Waals surface area contributed by atoms with Crippen molar-refractivity contribution in [3.63, 3.8) is 0 Å². The third kappa shape index (κ3) is 4.32. The summed E-state index contributed by atoms with van der Waals surface area (Å²) in [5.74, 6) is -0.312. The largest absolute Gasteiger partial charge is 0.342 e. The predicted molar refractivity (Wildman–Crippen MR) is 135 cm³/mol. The number of benzene rings is 3. The minimum Gasteiger partial charge on any atom is -0.342 e. The summed E-state index contributed by atoms with van der Waals surface area (Å²) in [4.78, 5) is 27.3. The molecular weight excluding hydrogens is 475 g/mol. The molecule has 2 amide bonds. The number of thioether (sulfide) groups is 1. The Morgan fingerprint density at radius 3 is 2.09 bits per heavy atom. The highest BCUT2D eigenvalue weighted by Gasteiger charge is 2.35. The molecule has 33 heavy (non-hydrogen) atoms. The van der Waals surface area contributed by atoms with Gasteiger partial charge >= 0.3 is 0 Å². The quantitative estimate of drug-likeness (QED) is 0.276. The van der Waals surface area contributed by atoms with E-state index in [1.807, 2.05) is 72.9 Å². The number of carbonyl (C=O) groups excluding carboxylic acids is 2. The molecule has 4 aromatic rings. The molecule has 0 spiro atoms. The maximum atomic E-state index is 13.1.